The molecule has 0 fully saturated rings. The number of hydrogen-bond donors (Lipinski definition) is 2. The van der Waals surface area contributed by atoms with E-state index in [1.807, 2.05) is 49.4 Å². The molecule has 112 valence electrons. The van der Waals surface area contributed by atoms with Gasteiger partial charge in [0.15, 0.2) is 0 Å². The van der Waals surface area contributed by atoms with Gasteiger partial charge in [0.2, 0.25) is 0 Å². The molecule has 3 N–H and O–H groups in total. The molecule has 0 saturated heterocycles. The second-order valence-electron chi connectivity index (χ2n) is 4.86. The summed E-state index contributed by atoms with van der Waals surface area (Å²) in [4.78, 5) is 0. The molecular weight excluding hydrogens is 264 g/mol. The second kappa shape index (κ2) is 6.88. The molecule has 4 heteroatoms. The number of rotatable bonds is 6. The van der Waals surface area contributed by atoms with Gasteiger partial charge in [-0.3, -0.25) is 0 Å². The topological polar surface area (TPSA) is 56.5 Å². The zero-order valence-electron chi connectivity index (χ0n) is 12.7. The molecule has 0 aliphatic heterocycles. The van der Waals surface area contributed by atoms with Crippen LogP contribution in [0.15, 0.2) is 42.5 Å². The molecule has 2 aromatic rings. The third-order valence-corrected chi connectivity index (χ3v) is 3.24. The summed E-state index contributed by atoms with van der Waals surface area (Å²) in [5.74, 6) is 1.63. The highest BCUT2D eigenvalue weighted by molar-refractivity contribution is 5.60. The number of hydrogen-bond acceptors (Lipinski definition) is 4. The highest BCUT2D eigenvalue weighted by Crippen LogP contribution is 2.26. The van der Waals surface area contributed by atoms with Crippen molar-refractivity contribution in [3.8, 4) is 11.5 Å². The Bertz CT molecular complexity index is 582. The highest BCUT2D eigenvalue weighted by Gasteiger charge is 2.07. The quantitative estimate of drug-likeness (QED) is 0.792. The third-order valence-electron chi connectivity index (χ3n) is 3.24. The summed E-state index contributed by atoms with van der Waals surface area (Å²) >= 11 is 0. The van der Waals surface area contributed by atoms with Gasteiger partial charge in [0.25, 0.3) is 0 Å². The molecule has 0 aliphatic rings. The van der Waals surface area contributed by atoms with Crippen molar-refractivity contribution < 1.29 is 9.47 Å². The molecule has 4 nitrogen and oxygen atoms in total. The Labute approximate surface area is 125 Å². The van der Waals surface area contributed by atoms with Crippen LogP contribution in [0.3, 0.4) is 0 Å². The number of methoxy groups -OCH3 is 1. The van der Waals surface area contributed by atoms with Crippen molar-refractivity contribution >= 4 is 11.4 Å². The van der Waals surface area contributed by atoms with E-state index in [2.05, 4.69) is 12.2 Å². The van der Waals surface area contributed by atoms with E-state index in [4.69, 9.17) is 15.2 Å². The van der Waals surface area contributed by atoms with Gasteiger partial charge in [-0.2, -0.15) is 0 Å². The molecule has 0 saturated carbocycles. The Hall–Kier alpha value is -2.36. The van der Waals surface area contributed by atoms with E-state index in [-0.39, 0.29) is 6.04 Å². The van der Waals surface area contributed by atoms with Crippen molar-refractivity contribution in [2.45, 2.75) is 19.9 Å². The van der Waals surface area contributed by atoms with E-state index in [1.54, 1.807) is 7.11 Å². The van der Waals surface area contributed by atoms with Gasteiger partial charge >= 0.3 is 0 Å². The van der Waals surface area contributed by atoms with Crippen LogP contribution < -0.4 is 20.5 Å². The van der Waals surface area contributed by atoms with Crippen LogP contribution in [0.2, 0.25) is 0 Å². The van der Waals surface area contributed by atoms with Crippen LogP contribution in [0.5, 0.6) is 11.5 Å². The standard InChI is InChI=1S/C17H22N2O2/c1-4-21-17-10-14(18)9-15(11-17)19-12(2)13-5-7-16(20-3)8-6-13/h5-12,19H,4,18H2,1-3H3. The van der Waals surface area contributed by atoms with Crippen LogP contribution in [0.25, 0.3) is 0 Å². The lowest BCUT2D eigenvalue weighted by Crippen LogP contribution is -2.07. The van der Waals surface area contributed by atoms with Crippen LogP contribution in [-0.2, 0) is 0 Å². The maximum absolute atomic E-state index is 5.91. The van der Waals surface area contributed by atoms with Crippen molar-refractivity contribution in [2.24, 2.45) is 0 Å². The zero-order chi connectivity index (χ0) is 15.2. The molecule has 2 rings (SSSR count). The van der Waals surface area contributed by atoms with Gasteiger partial charge < -0.3 is 20.5 Å². The molecule has 0 radical (unpaired) electrons. The molecule has 0 heterocycles. The van der Waals surface area contributed by atoms with Gasteiger partial charge in [-0.25, -0.2) is 0 Å². The fourth-order valence-electron chi connectivity index (χ4n) is 2.18. The average molecular weight is 286 g/mol. The number of nitrogen functional groups attached to an aromatic ring is 1. The minimum Gasteiger partial charge on any atom is -0.497 e. The lowest BCUT2D eigenvalue weighted by molar-refractivity contribution is 0.340. The number of benzene rings is 2. The van der Waals surface area contributed by atoms with Gasteiger partial charge in [-0.05, 0) is 37.6 Å². The van der Waals surface area contributed by atoms with Crippen LogP contribution in [0.4, 0.5) is 11.4 Å². The van der Waals surface area contributed by atoms with Gasteiger partial charge in [0.05, 0.1) is 13.7 Å². The van der Waals surface area contributed by atoms with Crippen molar-refractivity contribution in [2.75, 3.05) is 24.8 Å². The number of nitrogens with one attached hydrogen (secondary N) is 1. The normalized spacial score (nSPS) is 11.8. The lowest BCUT2D eigenvalue weighted by Gasteiger charge is -2.17. The largest absolute Gasteiger partial charge is 0.497 e. The Morgan fingerprint density at radius 2 is 1.81 bits per heavy atom. The first-order valence-corrected chi connectivity index (χ1v) is 7.06. The molecule has 0 spiro atoms. The fourth-order valence-corrected chi connectivity index (χ4v) is 2.18. The van der Waals surface area contributed by atoms with Crippen molar-refractivity contribution in [1.82, 2.24) is 0 Å². The van der Waals surface area contributed by atoms with Gasteiger partial charge in [-0.15, -0.1) is 0 Å². The molecule has 0 bridgehead atoms. The summed E-state index contributed by atoms with van der Waals surface area (Å²) in [7, 11) is 1.67. The molecule has 21 heavy (non-hydrogen) atoms. The second-order valence-corrected chi connectivity index (χ2v) is 4.86. The van der Waals surface area contributed by atoms with E-state index in [1.165, 1.54) is 5.56 Å². The third kappa shape index (κ3) is 4.05. The van der Waals surface area contributed by atoms with E-state index < -0.39 is 0 Å². The summed E-state index contributed by atoms with van der Waals surface area (Å²) in [6.07, 6.45) is 0. The number of ether oxygens (including phenoxy) is 2. The lowest BCUT2D eigenvalue weighted by atomic mass is 10.1. The zero-order valence-corrected chi connectivity index (χ0v) is 12.7. The van der Waals surface area contributed by atoms with Crippen molar-refractivity contribution in [1.29, 1.82) is 0 Å². The van der Waals surface area contributed by atoms with Gasteiger partial charge in [0.1, 0.15) is 11.5 Å². The maximum Gasteiger partial charge on any atom is 0.123 e. The van der Waals surface area contributed by atoms with E-state index in [0.29, 0.717) is 12.3 Å². The Kier molecular flexibility index (Phi) is 4.93. The monoisotopic (exact) mass is 286 g/mol. The van der Waals surface area contributed by atoms with Crippen molar-refractivity contribution in [3.05, 3.63) is 48.0 Å². The van der Waals surface area contributed by atoms with Crippen LogP contribution in [0.1, 0.15) is 25.5 Å². The van der Waals surface area contributed by atoms with Crippen molar-refractivity contribution in [3.63, 3.8) is 0 Å². The van der Waals surface area contributed by atoms with Crippen LogP contribution >= 0.6 is 0 Å². The molecule has 0 aromatic heterocycles. The first-order chi connectivity index (χ1) is 10.1. The molecular formula is C17H22N2O2. The first kappa shape index (κ1) is 15.0. The summed E-state index contributed by atoms with van der Waals surface area (Å²) in [6.45, 7) is 4.68. The molecule has 2 aromatic carbocycles. The molecule has 0 amide bonds. The fraction of sp³-hybridized carbons (Fsp3) is 0.294. The van der Waals surface area contributed by atoms with E-state index in [0.717, 1.165) is 17.2 Å². The number of nitrogens with two attached hydrogens (primary N) is 1. The maximum atomic E-state index is 5.91. The van der Waals surface area contributed by atoms with Gasteiger partial charge in [-0.1, -0.05) is 12.1 Å². The smallest absolute Gasteiger partial charge is 0.123 e. The summed E-state index contributed by atoms with van der Waals surface area (Å²) in [6, 6.07) is 13.9. The SMILES string of the molecule is CCOc1cc(N)cc(NC(C)c2ccc(OC)cc2)c1. The van der Waals surface area contributed by atoms with Crippen LogP contribution in [0, 0.1) is 0 Å². The van der Waals surface area contributed by atoms with Crippen LogP contribution in [-0.4, -0.2) is 13.7 Å². The Morgan fingerprint density at radius 1 is 1.10 bits per heavy atom. The van der Waals surface area contributed by atoms with E-state index in [9.17, 15) is 0 Å². The molecule has 1 atom stereocenters. The first-order valence-electron chi connectivity index (χ1n) is 7.06. The Morgan fingerprint density at radius 3 is 2.43 bits per heavy atom. The van der Waals surface area contributed by atoms with Gasteiger partial charge in [0, 0.05) is 29.5 Å². The predicted octanol–water partition coefficient (Wildman–Crippen LogP) is 3.85. The average Bonchev–Trinajstić information content (AvgIpc) is 2.47. The number of anilines is 2. The summed E-state index contributed by atoms with van der Waals surface area (Å²) in [5, 5.41) is 3.43. The predicted molar refractivity (Wildman–Crippen MR) is 87.1 cm³/mol. The highest BCUT2D eigenvalue weighted by atomic mass is 16.5. The van der Waals surface area contributed by atoms with E-state index >= 15 is 0 Å². The summed E-state index contributed by atoms with van der Waals surface area (Å²) < 4.78 is 10.7. The molecule has 1 unspecified atom stereocenters. The summed E-state index contributed by atoms with van der Waals surface area (Å²) in [5.41, 5.74) is 8.71. The minimum atomic E-state index is 0.159. The minimum absolute atomic E-state index is 0.159. The molecule has 0 aliphatic carbocycles. The Balaban J connectivity index is 2.12.